The number of nitrogens with two attached hydrogens (primary N) is 1. The van der Waals surface area contributed by atoms with Gasteiger partial charge in [-0.2, -0.15) is 5.10 Å². The van der Waals surface area contributed by atoms with Gasteiger partial charge in [-0.05, 0) is 24.3 Å². The lowest BCUT2D eigenvalue weighted by Gasteiger charge is -2.08. The van der Waals surface area contributed by atoms with E-state index < -0.39 is 5.97 Å². The number of para-hydroxylation sites is 2. The van der Waals surface area contributed by atoms with Gasteiger partial charge < -0.3 is 15.7 Å². The molecule has 3 rings (SSSR count). The first-order chi connectivity index (χ1) is 12.6. The van der Waals surface area contributed by atoms with Gasteiger partial charge in [-0.25, -0.2) is 9.78 Å². The van der Waals surface area contributed by atoms with Crippen molar-refractivity contribution in [2.75, 3.05) is 12.5 Å². The molecule has 26 heavy (non-hydrogen) atoms. The Balaban J connectivity index is 2.01. The Morgan fingerprint density at radius 2 is 1.96 bits per heavy atom. The molecule has 0 amide bonds. The molecule has 3 aromatic rings. The van der Waals surface area contributed by atoms with Crippen LogP contribution in [0.4, 0.5) is 5.69 Å². The molecule has 0 aliphatic rings. The highest BCUT2D eigenvalue weighted by Gasteiger charge is 2.16. The van der Waals surface area contributed by atoms with Crippen LogP contribution in [0.1, 0.15) is 15.4 Å². The molecule has 132 valence electrons. The second kappa shape index (κ2) is 7.62. The number of esters is 1. The van der Waals surface area contributed by atoms with Gasteiger partial charge in [0, 0.05) is 0 Å². The molecule has 8 nitrogen and oxygen atoms in total. The van der Waals surface area contributed by atoms with Gasteiger partial charge in [-0.1, -0.05) is 29.4 Å². The number of carbonyl (C=O) groups excluding carboxylic acids is 1. The van der Waals surface area contributed by atoms with Gasteiger partial charge in [0.2, 0.25) is 0 Å². The molecule has 9 heteroatoms. The van der Waals surface area contributed by atoms with E-state index in [0.717, 1.165) is 10.2 Å². The van der Waals surface area contributed by atoms with Gasteiger partial charge in [0.15, 0.2) is 11.5 Å². The van der Waals surface area contributed by atoms with Crippen LogP contribution in [0.3, 0.4) is 0 Å². The van der Waals surface area contributed by atoms with E-state index in [1.54, 1.807) is 24.3 Å². The number of rotatable bonds is 5. The quantitative estimate of drug-likeness (QED) is 0.209. The van der Waals surface area contributed by atoms with Crippen molar-refractivity contribution in [3.05, 3.63) is 59.1 Å². The first-order valence-electron chi connectivity index (χ1n) is 7.49. The van der Waals surface area contributed by atoms with Crippen LogP contribution in [0.5, 0.6) is 0 Å². The molecule has 0 saturated carbocycles. The SMILES string of the molecule is COC(=O)c1ccccc1N/N=C(\C(N)=N\O)c1nc2ccccc2s1. The van der Waals surface area contributed by atoms with E-state index in [1.165, 1.54) is 18.4 Å². The molecule has 1 heterocycles. The summed E-state index contributed by atoms with van der Waals surface area (Å²) in [5.41, 5.74) is 10.2. The largest absolute Gasteiger partial charge is 0.465 e. The van der Waals surface area contributed by atoms with Gasteiger partial charge in [0.1, 0.15) is 5.01 Å². The molecule has 0 fully saturated rings. The Kier molecular flexibility index (Phi) is 5.09. The van der Waals surface area contributed by atoms with Crippen molar-refractivity contribution in [3.8, 4) is 0 Å². The first kappa shape index (κ1) is 17.4. The number of carbonyl (C=O) groups is 1. The maximum absolute atomic E-state index is 11.8. The number of amidine groups is 1. The zero-order chi connectivity index (χ0) is 18.5. The highest BCUT2D eigenvalue weighted by molar-refractivity contribution is 7.21. The molecular formula is C17H15N5O3S. The number of hydrogen-bond donors (Lipinski definition) is 3. The standard InChI is InChI=1S/C17H15N5O3S/c1-25-17(23)10-6-2-3-7-11(10)20-21-14(15(18)22-24)16-19-12-8-4-5-9-13(12)26-16/h2-9,20,24H,1H3,(H2,18,22)/b21-14+. The fourth-order valence-electron chi connectivity index (χ4n) is 2.22. The Morgan fingerprint density at radius 3 is 2.69 bits per heavy atom. The number of aromatic nitrogens is 1. The van der Waals surface area contributed by atoms with E-state index in [-0.39, 0.29) is 11.5 Å². The molecular weight excluding hydrogens is 354 g/mol. The number of oxime groups is 1. The van der Waals surface area contributed by atoms with Crippen LogP contribution in [0.2, 0.25) is 0 Å². The maximum Gasteiger partial charge on any atom is 0.340 e. The Labute approximate surface area is 152 Å². The summed E-state index contributed by atoms with van der Waals surface area (Å²) in [4.78, 5) is 16.3. The number of thiazole rings is 1. The van der Waals surface area contributed by atoms with E-state index in [0.29, 0.717) is 16.3 Å². The predicted molar refractivity (Wildman–Crippen MR) is 101 cm³/mol. The van der Waals surface area contributed by atoms with Crippen LogP contribution < -0.4 is 11.2 Å². The van der Waals surface area contributed by atoms with Gasteiger partial charge in [0.25, 0.3) is 0 Å². The van der Waals surface area contributed by atoms with Crippen LogP contribution in [0.25, 0.3) is 10.2 Å². The van der Waals surface area contributed by atoms with E-state index in [9.17, 15) is 4.79 Å². The third-order valence-electron chi connectivity index (χ3n) is 3.47. The average Bonchev–Trinajstić information content (AvgIpc) is 3.11. The number of hydrazone groups is 1. The summed E-state index contributed by atoms with van der Waals surface area (Å²) in [6.45, 7) is 0. The molecule has 4 N–H and O–H groups in total. The molecule has 0 spiro atoms. The fraction of sp³-hybridized carbons (Fsp3) is 0.0588. The zero-order valence-electron chi connectivity index (χ0n) is 13.7. The van der Waals surface area contributed by atoms with Gasteiger partial charge >= 0.3 is 5.97 Å². The van der Waals surface area contributed by atoms with E-state index >= 15 is 0 Å². The topological polar surface area (TPSA) is 122 Å². The monoisotopic (exact) mass is 369 g/mol. The smallest absolute Gasteiger partial charge is 0.340 e. The Morgan fingerprint density at radius 1 is 1.23 bits per heavy atom. The fourth-order valence-corrected chi connectivity index (χ4v) is 3.18. The number of benzene rings is 2. The zero-order valence-corrected chi connectivity index (χ0v) is 14.5. The number of hydrogen-bond acceptors (Lipinski definition) is 8. The second-order valence-corrected chi connectivity index (χ2v) is 6.11. The molecule has 0 aliphatic carbocycles. The number of nitrogens with one attached hydrogen (secondary N) is 1. The van der Waals surface area contributed by atoms with Crippen molar-refractivity contribution in [1.29, 1.82) is 0 Å². The lowest BCUT2D eigenvalue weighted by Crippen LogP contribution is -2.26. The van der Waals surface area contributed by atoms with E-state index in [4.69, 9.17) is 15.7 Å². The Bertz CT molecular complexity index is 979. The minimum Gasteiger partial charge on any atom is -0.465 e. The third kappa shape index (κ3) is 3.47. The predicted octanol–water partition coefficient (Wildman–Crippen LogP) is 2.65. The van der Waals surface area contributed by atoms with Crippen molar-refractivity contribution in [3.63, 3.8) is 0 Å². The van der Waals surface area contributed by atoms with Crippen LogP contribution in [0, 0.1) is 0 Å². The van der Waals surface area contributed by atoms with Gasteiger partial charge in [-0.3, -0.25) is 5.43 Å². The van der Waals surface area contributed by atoms with Crippen LogP contribution in [-0.4, -0.2) is 34.8 Å². The summed E-state index contributed by atoms with van der Waals surface area (Å²) in [6.07, 6.45) is 0. The summed E-state index contributed by atoms with van der Waals surface area (Å²) in [7, 11) is 1.30. The summed E-state index contributed by atoms with van der Waals surface area (Å²) < 4.78 is 5.69. The lowest BCUT2D eigenvalue weighted by molar-refractivity contribution is 0.0602. The number of anilines is 1. The Hall–Kier alpha value is -3.46. The third-order valence-corrected chi connectivity index (χ3v) is 4.51. The van der Waals surface area contributed by atoms with Crippen molar-refractivity contribution in [2.24, 2.45) is 16.0 Å². The molecule has 1 aromatic heterocycles. The molecule has 0 saturated heterocycles. The van der Waals surface area contributed by atoms with Crippen molar-refractivity contribution in [1.82, 2.24) is 4.98 Å². The number of methoxy groups -OCH3 is 1. The number of nitrogens with zero attached hydrogens (tertiary/aromatic N) is 3. The normalized spacial score (nSPS) is 12.2. The van der Waals surface area contributed by atoms with Gasteiger partial charge in [-0.15, -0.1) is 11.3 Å². The molecule has 0 atom stereocenters. The van der Waals surface area contributed by atoms with Crippen molar-refractivity contribution >= 4 is 44.8 Å². The van der Waals surface area contributed by atoms with Crippen molar-refractivity contribution < 1.29 is 14.7 Å². The molecule has 2 aromatic carbocycles. The molecule has 0 radical (unpaired) electrons. The summed E-state index contributed by atoms with van der Waals surface area (Å²) in [5.74, 6) is -0.708. The minimum absolute atomic E-state index is 0.161. The number of fused-ring (bicyclic) bond motifs is 1. The molecule has 0 bridgehead atoms. The van der Waals surface area contributed by atoms with E-state index in [2.05, 4.69) is 20.7 Å². The van der Waals surface area contributed by atoms with Crippen molar-refractivity contribution in [2.45, 2.75) is 0 Å². The minimum atomic E-state index is -0.506. The lowest BCUT2D eigenvalue weighted by atomic mass is 10.2. The summed E-state index contributed by atoms with van der Waals surface area (Å²) in [5, 5.41) is 16.8. The maximum atomic E-state index is 11.8. The summed E-state index contributed by atoms with van der Waals surface area (Å²) in [6, 6.07) is 14.3. The van der Waals surface area contributed by atoms with Crippen LogP contribution >= 0.6 is 11.3 Å². The molecule has 0 aliphatic heterocycles. The average molecular weight is 369 g/mol. The highest BCUT2D eigenvalue weighted by Crippen LogP contribution is 2.23. The molecule has 0 unspecified atom stereocenters. The van der Waals surface area contributed by atoms with Crippen LogP contribution in [0.15, 0.2) is 58.8 Å². The highest BCUT2D eigenvalue weighted by atomic mass is 32.1. The van der Waals surface area contributed by atoms with Gasteiger partial charge in [0.05, 0.1) is 28.6 Å². The van der Waals surface area contributed by atoms with Crippen LogP contribution in [-0.2, 0) is 4.74 Å². The number of ether oxygens (including phenoxy) is 1. The summed E-state index contributed by atoms with van der Waals surface area (Å²) >= 11 is 1.35. The van der Waals surface area contributed by atoms with E-state index in [1.807, 2.05) is 24.3 Å². The second-order valence-electron chi connectivity index (χ2n) is 5.08. The first-order valence-corrected chi connectivity index (χ1v) is 8.30.